The minimum absolute atomic E-state index is 0.940. The van der Waals surface area contributed by atoms with Crippen LogP contribution < -0.4 is 0 Å². The third-order valence-electron chi connectivity index (χ3n) is 10.6. The minimum atomic E-state index is 0.940. The zero-order chi connectivity index (χ0) is 37.8. The summed E-state index contributed by atoms with van der Waals surface area (Å²) in [6.07, 6.45) is 0. The Morgan fingerprint density at radius 2 is 0.536 bits per heavy atom. The van der Waals surface area contributed by atoms with E-state index >= 15 is 0 Å². The zero-order valence-corrected chi connectivity index (χ0v) is 31.5. The highest BCUT2D eigenvalue weighted by molar-refractivity contribution is 5.83. The van der Waals surface area contributed by atoms with Crippen LogP contribution in [0, 0.1) is 13.8 Å². The van der Waals surface area contributed by atoms with Gasteiger partial charge in [0.25, 0.3) is 0 Å². The molecule has 2 nitrogen and oxygen atoms in total. The molecule has 0 bridgehead atoms. The maximum atomic E-state index is 5.21. The van der Waals surface area contributed by atoms with E-state index in [0.717, 1.165) is 67.3 Å². The van der Waals surface area contributed by atoms with Gasteiger partial charge >= 0.3 is 0 Å². The lowest BCUT2D eigenvalue weighted by molar-refractivity contribution is 1.32. The van der Waals surface area contributed by atoms with Gasteiger partial charge in [-0.15, -0.1) is 0 Å². The fourth-order valence-corrected chi connectivity index (χ4v) is 7.52. The lowest BCUT2D eigenvalue weighted by Crippen LogP contribution is -1.93. The molecule has 0 aliphatic carbocycles. The van der Waals surface area contributed by atoms with E-state index in [2.05, 4.69) is 208 Å². The first-order chi connectivity index (χ1) is 27.6. The number of hydrogen-bond acceptors (Lipinski definition) is 2. The van der Waals surface area contributed by atoms with Crippen LogP contribution in [0.25, 0.3) is 89.5 Å². The van der Waals surface area contributed by atoms with Crippen LogP contribution in [0.1, 0.15) is 11.1 Å². The molecule has 7 aromatic carbocycles. The SMILES string of the molecule is Cc1ccccc1-c1ccc(-c2cc(-c3cccc(-c4cc(-c5ccccc5)nc(-c5ccc(-c6ccccc6C)cc5)c4)c3)cc(-c3ccccc3)n2)cc1. The molecule has 0 atom stereocenters. The number of rotatable bonds is 8. The van der Waals surface area contributed by atoms with Gasteiger partial charge in [0.05, 0.1) is 22.8 Å². The van der Waals surface area contributed by atoms with Crippen LogP contribution in [0.15, 0.2) is 206 Å². The van der Waals surface area contributed by atoms with Crippen molar-refractivity contribution in [3.8, 4) is 89.5 Å². The van der Waals surface area contributed by atoms with Crippen molar-refractivity contribution in [1.29, 1.82) is 0 Å². The molecule has 266 valence electrons. The average Bonchev–Trinajstić information content (AvgIpc) is 3.27. The first-order valence-corrected chi connectivity index (χ1v) is 19.1. The Balaban J connectivity index is 1.13. The van der Waals surface area contributed by atoms with Gasteiger partial charge < -0.3 is 0 Å². The summed E-state index contributed by atoms with van der Waals surface area (Å²) in [7, 11) is 0. The molecule has 0 spiro atoms. The summed E-state index contributed by atoms with van der Waals surface area (Å²) in [4.78, 5) is 10.4. The van der Waals surface area contributed by atoms with Crippen LogP contribution in [0.2, 0.25) is 0 Å². The van der Waals surface area contributed by atoms with Gasteiger partial charge in [0.2, 0.25) is 0 Å². The predicted molar refractivity (Wildman–Crippen MR) is 235 cm³/mol. The molecular formula is C54H40N2. The van der Waals surface area contributed by atoms with Gasteiger partial charge in [-0.3, -0.25) is 0 Å². The Hall–Kier alpha value is -7.16. The van der Waals surface area contributed by atoms with E-state index in [1.165, 1.54) is 33.4 Å². The molecule has 9 rings (SSSR count). The molecule has 0 saturated carbocycles. The van der Waals surface area contributed by atoms with E-state index in [1.807, 2.05) is 12.1 Å². The fourth-order valence-electron chi connectivity index (χ4n) is 7.52. The summed E-state index contributed by atoms with van der Waals surface area (Å²) in [6, 6.07) is 73.2. The highest BCUT2D eigenvalue weighted by Gasteiger charge is 2.14. The summed E-state index contributed by atoms with van der Waals surface area (Å²) in [6.45, 7) is 4.32. The molecule has 0 saturated heterocycles. The molecule has 0 aliphatic rings. The van der Waals surface area contributed by atoms with Crippen LogP contribution in [0.5, 0.6) is 0 Å². The first kappa shape index (κ1) is 34.6. The normalized spacial score (nSPS) is 11.0. The second-order valence-electron chi connectivity index (χ2n) is 14.4. The summed E-state index contributed by atoms with van der Waals surface area (Å²) in [5.41, 5.74) is 20.0. The number of pyridine rings is 2. The summed E-state index contributed by atoms with van der Waals surface area (Å²) in [5, 5.41) is 0. The highest BCUT2D eigenvalue weighted by atomic mass is 14.7. The van der Waals surface area contributed by atoms with Crippen LogP contribution in [0.4, 0.5) is 0 Å². The molecule has 2 heteroatoms. The molecule has 0 fully saturated rings. The van der Waals surface area contributed by atoms with Crippen LogP contribution in [-0.4, -0.2) is 9.97 Å². The molecule has 9 aromatic rings. The molecular weight excluding hydrogens is 677 g/mol. The van der Waals surface area contributed by atoms with Gasteiger partial charge in [-0.1, -0.05) is 176 Å². The number of nitrogens with zero attached hydrogens (tertiary/aromatic N) is 2. The average molecular weight is 717 g/mol. The quantitative estimate of drug-likeness (QED) is 0.156. The van der Waals surface area contributed by atoms with Gasteiger partial charge in [0, 0.05) is 22.3 Å². The van der Waals surface area contributed by atoms with Gasteiger partial charge in [-0.2, -0.15) is 0 Å². The van der Waals surface area contributed by atoms with Gasteiger partial charge in [0.1, 0.15) is 0 Å². The van der Waals surface area contributed by atoms with E-state index < -0.39 is 0 Å². The Morgan fingerprint density at radius 3 is 0.911 bits per heavy atom. The molecule has 0 amide bonds. The topological polar surface area (TPSA) is 25.8 Å². The fraction of sp³-hybridized carbons (Fsp3) is 0.0370. The molecule has 2 aromatic heterocycles. The van der Waals surface area contributed by atoms with E-state index in [4.69, 9.17) is 9.97 Å². The van der Waals surface area contributed by atoms with Crippen molar-refractivity contribution in [3.05, 3.63) is 217 Å². The lowest BCUT2D eigenvalue weighted by atomic mass is 9.94. The number of aryl methyl sites for hydroxylation is 2. The van der Waals surface area contributed by atoms with E-state index in [1.54, 1.807) is 0 Å². The largest absolute Gasteiger partial charge is 0.248 e. The Labute approximate surface area is 329 Å². The summed E-state index contributed by atoms with van der Waals surface area (Å²) < 4.78 is 0. The van der Waals surface area contributed by atoms with Gasteiger partial charge in [-0.05, 0) is 99.8 Å². The van der Waals surface area contributed by atoms with Crippen LogP contribution in [0.3, 0.4) is 0 Å². The predicted octanol–water partition coefficient (Wildman–Crippen LogP) is 14.4. The Bertz CT molecular complexity index is 2590. The van der Waals surface area contributed by atoms with Crippen molar-refractivity contribution < 1.29 is 0 Å². The Morgan fingerprint density at radius 1 is 0.232 bits per heavy atom. The van der Waals surface area contributed by atoms with E-state index in [9.17, 15) is 0 Å². The summed E-state index contributed by atoms with van der Waals surface area (Å²) >= 11 is 0. The van der Waals surface area contributed by atoms with Gasteiger partial charge in [-0.25, -0.2) is 9.97 Å². The third kappa shape index (κ3) is 7.21. The van der Waals surface area contributed by atoms with Crippen molar-refractivity contribution in [2.75, 3.05) is 0 Å². The molecule has 0 N–H and O–H groups in total. The lowest BCUT2D eigenvalue weighted by Gasteiger charge is -2.14. The van der Waals surface area contributed by atoms with Crippen molar-refractivity contribution >= 4 is 0 Å². The molecule has 2 heterocycles. The van der Waals surface area contributed by atoms with Crippen molar-refractivity contribution in [2.24, 2.45) is 0 Å². The highest BCUT2D eigenvalue weighted by Crippen LogP contribution is 2.36. The molecule has 0 radical (unpaired) electrons. The number of hydrogen-bond donors (Lipinski definition) is 0. The first-order valence-electron chi connectivity index (χ1n) is 19.1. The van der Waals surface area contributed by atoms with Crippen molar-refractivity contribution in [1.82, 2.24) is 9.97 Å². The third-order valence-corrected chi connectivity index (χ3v) is 10.6. The number of benzene rings is 7. The van der Waals surface area contributed by atoms with E-state index in [-0.39, 0.29) is 0 Å². The maximum absolute atomic E-state index is 5.21. The summed E-state index contributed by atoms with van der Waals surface area (Å²) in [5.74, 6) is 0. The van der Waals surface area contributed by atoms with Crippen molar-refractivity contribution in [2.45, 2.75) is 13.8 Å². The Kier molecular flexibility index (Phi) is 9.45. The zero-order valence-electron chi connectivity index (χ0n) is 31.5. The standard InChI is InChI=1S/C54H40N2/c1-37-14-9-11-22-49(37)39-24-28-43(29-25-39)53-35-47(33-51(55-53)41-16-5-3-6-17-41)45-20-13-21-46(32-45)48-34-52(42-18-7-4-8-19-42)56-54(36-48)44-30-26-40(27-31-44)50-23-12-10-15-38(50)2/h3-36H,1-2H3. The number of aromatic nitrogens is 2. The molecule has 0 aliphatic heterocycles. The smallest absolute Gasteiger partial charge is 0.0715 e. The van der Waals surface area contributed by atoms with E-state index in [0.29, 0.717) is 0 Å². The van der Waals surface area contributed by atoms with Crippen LogP contribution in [-0.2, 0) is 0 Å². The monoisotopic (exact) mass is 716 g/mol. The molecule has 56 heavy (non-hydrogen) atoms. The second-order valence-corrected chi connectivity index (χ2v) is 14.4. The maximum Gasteiger partial charge on any atom is 0.0715 e. The minimum Gasteiger partial charge on any atom is -0.248 e. The molecule has 0 unspecified atom stereocenters. The van der Waals surface area contributed by atoms with Crippen LogP contribution >= 0.6 is 0 Å². The van der Waals surface area contributed by atoms with Gasteiger partial charge in [0.15, 0.2) is 0 Å². The second kappa shape index (κ2) is 15.3. The van der Waals surface area contributed by atoms with Crippen molar-refractivity contribution in [3.63, 3.8) is 0 Å².